The monoisotopic (exact) mass is 277 g/mol. The molecule has 0 amide bonds. The Labute approximate surface area is 117 Å². The summed E-state index contributed by atoms with van der Waals surface area (Å²) < 4.78 is 32.7. The van der Waals surface area contributed by atoms with Gasteiger partial charge >= 0.3 is 0 Å². The van der Waals surface area contributed by atoms with E-state index in [9.17, 15) is 8.78 Å². The van der Waals surface area contributed by atoms with Crippen LogP contribution in [0, 0.1) is 18.6 Å². The number of hydrogen-bond donors (Lipinski definition) is 1. The number of nitrogens with two attached hydrogens (primary N) is 1. The van der Waals surface area contributed by atoms with Gasteiger partial charge in [-0.15, -0.1) is 0 Å². The minimum absolute atomic E-state index is 0.0808. The van der Waals surface area contributed by atoms with Crippen molar-refractivity contribution in [3.05, 3.63) is 64.7 Å². The predicted molar refractivity (Wildman–Crippen MR) is 74.5 cm³/mol. The van der Waals surface area contributed by atoms with Crippen LogP contribution in [0.4, 0.5) is 8.78 Å². The van der Waals surface area contributed by atoms with Crippen molar-refractivity contribution in [2.45, 2.75) is 26.5 Å². The van der Waals surface area contributed by atoms with Crippen molar-refractivity contribution in [1.82, 2.24) is 0 Å². The molecule has 2 nitrogen and oxygen atoms in total. The fraction of sp³-hybridized carbons (Fsp3) is 0.250. The summed E-state index contributed by atoms with van der Waals surface area (Å²) >= 11 is 0. The number of halogens is 2. The molecule has 20 heavy (non-hydrogen) atoms. The first-order valence-electron chi connectivity index (χ1n) is 6.41. The fourth-order valence-corrected chi connectivity index (χ4v) is 1.92. The summed E-state index contributed by atoms with van der Waals surface area (Å²) in [6.07, 6.45) is 0. The second-order valence-electron chi connectivity index (χ2n) is 4.81. The van der Waals surface area contributed by atoms with E-state index >= 15 is 0 Å². The third kappa shape index (κ3) is 3.14. The van der Waals surface area contributed by atoms with Gasteiger partial charge in [-0.25, -0.2) is 8.78 Å². The molecular formula is C16H17F2NO. The molecule has 0 saturated heterocycles. The van der Waals surface area contributed by atoms with Gasteiger partial charge in [-0.2, -0.15) is 0 Å². The molecule has 0 saturated carbocycles. The zero-order valence-electron chi connectivity index (χ0n) is 11.5. The van der Waals surface area contributed by atoms with Gasteiger partial charge < -0.3 is 10.5 Å². The maximum Gasteiger partial charge on any atom is 0.129 e. The molecule has 106 valence electrons. The first-order chi connectivity index (χ1) is 9.49. The van der Waals surface area contributed by atoms with Crippen molar-refractivity contribution in [2.75, 3.05) is 0 Å². The smallest absolute Gasteiger partial charge is 0.129 e. The Morgan fingerprint density at radius 3 is 2.50 bits per heavy atom. The summed E-state index contributed by atoms with van der Waals surface area (Å²) in [5.74, 6) is -0.161. The van der Waals surface area contributed by atoms with Crippen LogP contribution in [-0.4, -0.2) is 0 Å². The van der Waals surface area contributed by atoms with Gasteiger partial charge in [-0.3, -0.25) is 0 Å². The van der Waals surface area contributed by atoms with Crippen molar-refractivity contribution in [3.63, 3.8) is 0 Å². The van der Waals surface area contributed by atoms with Gasteiger partial charge in [0.05, 0.1) is 0 Å². The Kier molecular flexibility index (Phi) is 4.35. The van der Waals surface area contributed by atoms with Gasteiger partial charge in [0.25, 0.3) is 0 Å². The summed E-state index contributed by atoms with van der Waals surface area (Å²) in [4.78, 5) is 0. The van der Waals surface area contributed by atoms with Crippen LogP contribution >= 0.6 is 0 Å². The summed E-state index contributed by atoms with van der Waals surface area (Å²) in [5, 5.41) is 0. The molecule has 0 unspecified atom stereocenters. The van der Waals surface area contributed by atoms with Crippen LogP contribution in [0.5, 0.6) is 5.75 Å². The van der Waals surface area contributed by atoms with E-state index in [1.807, 2.05) is 0 Å². The number of aryl methyl sites for hydroxylation is 1. The molecule has 0 heterocycles. The first kappa shape index (κ1) is 14.5. The Balaban J connectivity index is 2.25. The second-order valence-corrected chi connectivity index (χ2v) is 4.81. The second kappa shape index (κ2) is 6.01. The van der Waals surface area contributed by atoms with Crippen LogP contribution < -0.4 is 10.5 Å². The molecule has 4 heteroatoms. The molecule has 0 fully saturated rings. The lowest BCUT2D eigenvalue weighted by atomic mass is 10.0. The maximum atomic E-state index is 13.6. The highest BCUT2D eigenvalue weighted by Gasteiger charge is 2.13. The number of ether oxygens (including phenoxy) is 1. The van der Waals surface area contributed by atoms with Gasteiger partial charge in [0, 0.05) is 17.2 Å². The minimum Gasteiger partial charge on any atom is -0.488 e. The Hall–Kier alpha value is -1.94. The molecule has 2 N–H and O–H groups in total. The molecule has 0 radical (unpaired) electrons. The summed E-state index contributed by atoms with van der Waals surface area (Å²) in [6, 6.07) is 8.99. The van der Waals surface area contributed by atoms with E-state index in [1.165, 1.54) is 12.1 Å². The SMILES string of the molecule is Cc1cc(OCc2ccccc2F)c([C@H](C)N)cc1F. The van der Waals surface area contributed by atoms with Gasteiger partial charge in [-0.05, 0) is 37.6 Å². The van der Waals surface area contributed by atoms with Crippen LogP contribution in [0.25, 0.3) is 0 Å². The molecular weight excluding hydrogens is 260 g/mol. The zero-order chi connectivity index (χ0) is 14.7. The number of benzene rings is 2. The summed E-state index contributed by atoms with van der Waals surface area (Å²) in [7, 11) is 0. The highest BCUT2D eigenvalue weighted by molar-refractivity contribution is 5.40. The number of rotatable bonds is 4. The largest absolute Gasteiger partial charge is 0.488 e. The van der Waals surface area contributed by atoms with Gasteiger partial charge in [0.2, 0.25) is 0 Å². The van der Waals surface area contributed by atoms with E-state index < -0.39 is 0 Å². The lowest BCUT2D eigenvalue weighted by Crippen LogP contribution is -2.09. The Bertz CT molecular complexity index is 611. The third-order valence-corrected chi connectivity index (χ3v) is 3.12. The molecule has 0 bridgehead atoms. The van der Waals surface area contributed by atoms with E-state index in [1.54, 1.807) is 38.1 Å². The summed E-state index contributed by atoms with van der Waals surface area (Å²) in [5.41, 5.74) is 7.30. The van der Waals surface area contributed by atoms with Crippen molar-refractivity contribution in [2.24, 2.45) is 5.73 Å². The van der Waals surface area contributed by atoms with Crippen molar-refractivity contribution >= 4 is 0 Å². The molecule has 0 aliphatic carbocycles. The first-order valence-corrected chi connectivity index (χ1v) is 6.41. The molecule has 2 aromatic carbocycles. The molecule has 2 aromatic rings. The average molecular weight is 277 g/mol. The fourth-order valence-electron chi connectivity index (χ4n) is 1.92. The molecule has 1 atom stereocenters. The lowest BCUT2D eigenvalue weighted by molar-refractivity contribution is 0.294. The van der Waals surface area contributed by atoms with E-state index in [0.717, 1.165) is 0 Å². The average Bonchev–Trinajstić information content (AvgIpc) is 2.41. The molecule has 0 aliphatic rings. The standard InChI is InChI=1S/C16H17F2NO/c1-10-7-16(13(11(2)19)8-15(10)18)20-9-12-5-3-4-6-14(12)17/h3-8,11H,9,19H2,1-2H3/t11-/m0/s1. The third-order valence-electron chi connectivity index (χ3n) is 3.12. The van der Waals surface area contributed by atoms with Crippen molar-refractivity contribution in [3.8, 4) is 5.75 Å². The van der Waals surface area contributed by atoms with Crippen molar-refractivity contribution in [1.29, 1.82) is 0 Å². The Morgan fingerprint density at radius 1 is 1.15 bits per heavy atom. The highest BCUT2D eigenvalue weighted by atomic mass is 19.1. The molecule has 0 aromatic heterocycles. The van der Waals surface area contributed by atoms with E-state index in [4.69, 9.17) is 10.5 Å². The zero-order valence-corrected chi connectivity index (χ0v) is 11.5. The van der Waals surface area contributed by atoms with E-state index in [2.05, 4.69) is 0 Å². The molecule has 2 rings (SSSR count). The molecule has 0 spiro atoms. The quantitative estimate of drug-likeness (QED) is 0.920. The normalized spacial score (nSPS) is 12.2. The van der Waals surface area contributed by atoms with Crippen LogP contribution in [0.3, 0.4) is 0 Å². The van der Waals surface area contributed by atoms with Crippen LogP contribution in [0.2, 0.25) is 0 Å². The van der Waals surface area contributed by atoms with Crippen LogP contribution in [0.15, 0.2) is 36.4 Å². The van der Waals surface area contributed by atoms with Crippen LogP contribution in [-0.2, 0) is 6.61 Å². The molecule has 0 aliphatic heterocycles. The predicted octanol–water partition coefficient (Wildman–Crippen LogP) is 3.87. The number of hydrogen-bond acceptors (Lipinski definition) is 2. The van der Waals surface area contributed by atoms with Gasteiger partial charge in [0.1, 0.15) is 24.0 Å². The Morgan fingerprint density at radius 2 is 1.85 bits per heavy atom. The minimum atomic E-state index is -0.360. The van der Waals surface area contributed by atoms with Gasteiger partial charge in [-0.1, -0.05) is 18.2 Å². The van der Waals surface area contributed by atoms with Crippen LogP contribution in [0.1, 0.15) is 29.7 Å². The van der Waals surface area contributed by atoms with E-state index in [-0.39, 0.29) is 24.3 Å². The van der Waals surface area contributed by atoms with E-state index in [0.29, 0.717) is 22.4 Å². The lowest BCUT2D eigenvalue weighted by Gasteiger charge is -2.15. The highest BCUT2D eigenvalue weighted by Crippen LogP contribution is 2.28. The maximum absolute atomic E-state index is 13.6. The van der Waals surface area contributed by atoms with Gasteiger partial charge in [0.15, 0.2) is 0 Å². The summed E-state index contributed by atoms with van der Waals surface area (Å²) in [6.45, 7) is 3.48. The van der Waals surface area contributed by atoms with Crippen molar-refractivity contribution < 1.29 is 13.5 Å². The topological polar surface area (TPSA) is 35.2 Å².